The van der Waals surface area contributed by atoms with Crippen molar-refractivity contribution in [2.45, 2.75) is 33.7 Å². The van der Waals surface area contributed by atoms with Crippen molar-refractivity contribution in [1.82, 2.24) is 10.6 Å². The van der Waals surface area contributed by atoms with Gasteiger partial charge >= 0.3 is 0 Å². The van der Waals surface area contributed by atoms with Crippen LogP contribution in [0.5, 0.6) is 5.75 Å². The molecular formula is C23H32ClIN4O2. The summed E-state index contributed by atoms with van der Waals surface area (Å²) in [5, 5.41) is 10.3. The van der Waals surface area contributed by atoms with Crippen molar-refractivity contribution in [3.05, 3.63) is 58.6 Å². The van der Waals surface area contributed by atoms with Gasteiger partial charge in [-0.15, -0.1) is 24.0 Å². The zero-order chi connectivity index (χ0) is 22.1. The molecule has 0 aromatic heterocycles. The predicted octanol–water partition coefficient (Wildman–Crippen LogP) is 4.86. The lowest BCUT2D eigenvalue weighted by atomic mass is 9.86. The molecule has 0 fully saturated rings. The van der Waals surface area contributed by atoms with E-state index in [-0.39, 0.29) is 35.3 Å². The summed E-state index contributed by atoms with van der Waals surface area (Å²) in [6, 6.07) is 13.7. The van der Waals surface area contributed by atoms with Crippen LogP contribution >= 0.6 is 35.6 Å². The van der Waals surface area contributed by atoms with Gasteiger partial charge in [-0.2, -0.15) is 0 Å². The molecule has 0 radical (unpaired) electrons. The number of guanidine groups is 1. The Labute approximate surface area is 207 Å². The third-order valence-electron chi connectivity index (χ3n) is 4.56. The van der Waals surface area contributed by atoms with E-state index in [1.54, 1.807) is 14.2 Å². The molecule has 0 unspecified atom stereocenters. The largest absolute Gasteiger partial charge is 0.495 e. The Morgan fingerprint density at radius 1 is 1.13 bits per heavy atom. The van der Waals surface area contributed by atoms with Gasteiger partial charge in [-0.05, 0) is 47.2 Å². The third kappa shape index (κ3) is 9.35. The number of nitrogens with zero attached hydrogens (tertiary/aromatic N) is 1. The molecule has 0 aliphatic heterocycles. The number of aliphatic imine (C=N–C) groups is 1. The Morgan fingerprint density at radius 2 is 1.87 bits per heavy atom. The van der Waals surface area contributed by atoms with Crippen molar-refractivity contribution in [3.8, 4) is 5.75 Å². The van der Waals surface area contributed by atoms with Crippen LogP contribution in [-0.4, -0.2) is 32.6 Å². The van der Waals surface area contributed by atoms with Gasteiger partial charge in [-0.1, -0.05) is 43.6 Å². The lowest BCUT2D eigenvalue weighted by Crippen LogP contribution is -2.42. The van der Waals surface area contributed by atoms with Crippen LogP contribution in [0.4, 0.5) is 5.69 Å². The zero-order valence-electron chi connectivity index (χ0n) is 18.7. The Kier molecular flexibility index (Phi) is 11.1. The predicted molar refractivity (Wildman–Crippen MR) is 140 cm³/mol. The van der Waals surface area contributed by atoms with Crippen LogP contribution in [0, 0.1) is 5.41 Å². The molecule has 0 bridgehead atoms. The maximum atomic E-state index is 11.4. The molecule has 2 aromatic rings. The minimum Gasteiger partial charge on any atom is -0.495 e. The zero-order valence-corrected chi connectivity index (χ0v) is 21.8. The van der Waals surface area contributed by atoms with Crippen LogP contribution in [-0.2, 0) is 17.8 Å². The standard InChI is InChI=1S/C23H31ClN4O2.HI/c1-16(29)28-20-12-18(9-10-21(20)30-5)14-26-22(25-4)27-15-23(2,3)13-17-7-6-8-19(24)11-17;/h6-12H,13-15H2,1-5H3,(H,28,29)(H2,25,26,27);1H. The lowest BCUT2D eigenvalue weighted by molar-refractivity contribution is -0.114. The van der Waals surface area contributed by atoms with E-state index >= 15 is 0 Å². The molecule has 1 amide bonds. The molecule has 31 heavy (non-hydrogen) atoms. The van der Waals surface area contributed by atoms with Crippen molar-refractivity contribution in [1.29, 1.82) is 0 Å². The summed E-state index contributed by atoms with van der Waals surface area (Å²) >= 11 is 6.11. The van der Waals surface area contributed by atoms with Crippen LogP contribution < -0.4 is 20.7 Å². The van der Waals surface area contributed by atoms with E-state index in [0.717, 1.165) is 23.6 Å². The summed E-state index contributed by atoms with van der Waals surface area (Å²) in [4.78, 5) is 15.7. The van der Waals surface area contributed by atoms with E-state index in [4.69, 9.17) is 16.3 Å². The van der Waals surface area contributed by atoms with Gasteiger partial charge in [0.05, 0.1) is 12.8 Å². The smallest absolute Gasteiger partial charge is 0.221 e. The molecular weight excluding hydrogens is 527 g/mol. The number of hydrogen-bond donors (Lipinski definition) is 3. The van der Waals surface area contributed by atoms with Crippen molar-refractivity contribution in [2.75, 3.05) is 26.0 Å². The summed E-state index contributed by atoms with van der Waals surface area (Å²) in [7, 11) is 3.32. The fraction of sp³-hybridized carbons (Fsp3) is 0.391. The SMILES string of the molecule is CN=C(NCc1ccc(OC)c(NC(C)=O)c1)NCC(C)(C)Cc1cccc(Cl)c1.I. The Balaban J connectivity index is 0.00000480. The summed E-state index contributed by atoms with van der Waals surface area (Å²) in [5.41, 5.74) is 2.87. The normalized spacial score (nSPS) is 11.4. The highest BCUT2D eigenvalue weighted by atomic mass is 127. The first-order valence-electron chi connectivity index (χ1n) is 9.86. The summed E-state index contributed by atoms with van der Waals surface area (Å²) in [5.74, 6) is 1.20. The first kappa shape index (κ1) is 27.0. The summed E-state index contributed by atoms with van der Waals surface area (Å²) < 4.78 is 5.30. The number of methoxy groups -OCH3 is 1. The molecule has 3 N–H and O–H groups in total. The highest BCUT2D eigenvalue weighted by Gasteiger charge is 2.19. The van der Waals surface area contributed by atoms with Crippen molar-refractivity contribution < 1.29 is 9.53 Å². The number of carbonyl (C=O) groups excluding carboxylic acids is 1. The lowest BCUT2D eigenvalue weighted by Gasteiger charge is -2.26. The van der Waals surface area contributed by atoms with Crippen molar-refractivity contribution in [3.63, 3.8) is 0 Å². The molecule has 6 nitrogen and oxygen atoms in total. The maximum Gasteiger partial charge on any atom is 0.221 e. The molecule has 170 valence electrons. The second-order valence-electron chi connectivity index (χ2n) is 7.97. The summed E-state index contributed by atoms with van der Waals surface area (Å²) in [6.45, 7) is 7.19. The first-order chi connectivity index (χ1) is 14.2. The van der Waals surface area contributed by atoms with Crippen LogP contribution in [0.3, 0.4) is 0 Å². The monoisotopic (exact) mass is 558 g/mol. The van der Waals surface area contributed by atoms with Gasteiger partial charge in [0.25, 0.3) is 0 Å². The molecule has 0 heterocycles. The van der Waals surface area contributed by atoms with E-state index in [1.807, 2.05) is 36.4 Å². The second kappa shape index (κ2) is 12.8. The number of halogens is 2. The number of nitrogens with one attached hydrogen (secondary N) is 3. The number of rotatable bonds is 8. The number of carbonyl (C=O) groups is 1. The minimum atomic E-state index is -0.141. The van der Waals surface area contributed by atoms with Crippen molar-refractivity contribution >= 4 is 53.1 Å². The van der Waals surface area contributed by atoms with E-state index < -0.39 is 0 Å². The molecule has 0 saturated carbocycles. The average Bonchev–Trinajstić information content (AvgIpc) is 2.67. The first-order valence-corrected chi connectivity index (χ1v) is 10.2. The number of benzene rings is 2. The van der Waals surface area contributed by atoms with Crippen LogP contribution in [0.25, 0.3) is 0 Å². The molecule has 0 aliphatic carbocycles. The number of ether oxygens (including phenoxy) is 1. The molecule has 8 heteroatoms. The average molecular weight is 559 g/mol. The van der Waals surface area contributed by atoms with E-state index in [1.165, 1.54) is 12.5 Å². The molecule has 2 aromatic carbocycles. The quantitative estimate of drug-likeness (QED) is 0.246. The number of amides is 1. The van der Waals surface area contributed by atoms with Gasteiger partial charge in [-0.25, -0.2) is 0 Å². The van der Waals surface area contributed by atoms with E-state index in [9.17, 15) is 4.79 Å². The topological polar surface area (TPSA) is 74.8 Å². The van der Waals surface area contributed by atoms with Gasteiger partial charge in [0, 0.05) is 32.1 Å². The van der Waals surface area contributed by atoms with E-state index in [2.05, 4.69) is 40.9 Å². The maximum absolute atomic E-state index is 11.4. The number of hydrogen-bond acceptors (Lipinski definition) is 3. The molecule has 2 rings (SSSR count). The molecule has 0 atom stereocenters. The highest BCUT2D eigenvalue weighted by molar-refractivity contribution is 14.0. The highest BCUT2D eigenvalue weighted by Crippen LogP contribution is 2.25. The summed E-state index contributed by atoms with van der Waals surface area (Å²) in [6.07, 6.45) is 0.899. The van der Waals surface area contributed by atoms with Gasteiger partial charge in [0.15, 0.2) is 5.96 Å². The van der Waals surface area contributed by atoms with Crippen LogP contribution in [0.2, 0.25) is 5.02 Å². The Hall–Kier alpha value is -2.00. The Bertz CT molecular complexity index is 903. The van der Waals surface area contributed by atoms with Crippen LogP contribution in [0.1, 0.15) is 31.9 Å². The second-order valence-corrected chi connectivity index (χ2v) is 8.40. The third-order valence-corrected chi connectivity index (χ3v) is 4.80. The molecule has 0 aliphatic rings. The molecule has 0 spiro atoms. The van der Waals surface area contributed by atoms with Gasteiger partial charge in [-0.3, -0.25) is 9.79 Å². The van der Waals surface area contributed by atoms with Crippen molar-refractivity contribution in [2.24, 2.45) is 10.4 Å². The van der Waals surface area contributed by atoms with Gasteiger partial charge < -0.3 is 20.7 Å². The van der Waals surface area contributed by atoms with Gasteiger partial charge in [0.2, 0.25) is 5.91 Å². The fourth-order valence-corrected chi connectivity index (χ4v) is 3.36. The van der Waals surface area contributed by atoms with E-state index in [0.29, 0.717) is 23.9 Å². The van der Waals surface area contributed by atoms with Gasteiger partial charge in [0.1, 0.15) is 5.75 Å². The minimum absolute atomic E-state index is 0. The number of anilines is 1. The fourth-order valence-electron chi connectivity index (χ4n) is 3.14. The molecule has 0 saturated heterocycles. The van der Waals surface area contributed by atoms with Crippen LogP contribution in [0.15, 0.2) is 47.5 Å². The Morgan fingerprint density at radius 3 is 2.48 bits per heavy atom.